The maximum atomic E-state index is 11.2. The van der Waals surface area contributed by atoms with Gasteiger partial charge in [0.05, 0.1) is 7.11 Å². The van der Waals surface area contributed by atoms with Crippen LogP contribution in [0.2, 0.25) is 0 Å². The van der Waals surface area contributed by atoms with Crippen molar-refractivity contribution in [3.63, 3.8) is 0 Å². The van der Waals surface area contributed by atoms with E-state index < -0.39 is 5.97 Å². The van der Waals surface area contributed by atoms with Crippen molar-refractivity contribution in [1.82, 2.24) is 0 Å². The summed E-state index contributed by atoms with van der Waals surface area (Å²) in [4.78, 5) is 11.2. The molecule has 1 rings (SSSR count). The molecule has 0 aliphatic heterocycles. The highest BCUT2D eigenvalue weighted by Crippen LogP contribution is 2.23. The Labute approximate surface area is 89.0 Å². The largest absolute Gasteiger partial charge is 0.507 e. The van der Waals surface area contributed by atoms with E-state index in [1.54, 1.807) is 6.07 Å². The minimum absolute atomic E-state index is 0.0290. The number of hydrogen-bond acceptors (Lipinski definition) is 3. The SMILES string of the molecule is CC=CCc1c[c]cc(C(=O)OC)c1O. The van der Waals surface area contributed by atoms with Crippen molar-refractivity contribution in [1.29, 1.82) is 0 Å². The third-order valence-electron chi connectivity index (χ3n) is 2.02. The Morgan fingerprint density at radius 1 is 1.60 bits per heavy atom. The Morgan fingerprint density at radius 3 is 2.93 bits per heavy atom. The summed E-state index contributed by atoms with van der Waals surface area (Å²) in [7, 11) is 1.28. The highest BCUT2D eigenvalue weighted by molar-refractivity contribution is 5.92. The number of esters is 1. The molecule has 0 amide bonds. The first-order valence-corrected chi connectivity index (χ1v) is 4.62. The van der Waals surface area contributed by atoms with Gasteiger partial charge in [-0.05, 0) is 37.1 Å². The molecule has 0 aromatic heterocycles. The first kappa shape index (κ1) is 11.3. The predicted molar refractivity (Wildman–Crippen MR) is 56.8 cm³/mol. The number of aromatic hydroxyl groups is 1. The fraction of sp³-hybridized carbons (Fsp3) is 0.250. The fourth-order valence-corrected chi connectivity index (χ4v) is 1.20. The van der Waals surface area contributed by atoms with Crippen molar-refractivity contribution in [2.24, 2.45) is 0 Å². The number of methoxy groups -OCH3 is 1. The highest BCUT2D eigenvalue weighted by Gasteiger charge is 2.13. The van der Waals surface area contributed by atoms with Crippen LogP contribution in [0.4, 0.5) is 0 Å². The molecule has 1 aromatic carbocycles. The molecule has 1 aromatic rings. The van der Waals surface area contributed by atoms with Crippen molar-refractivity contribution in [3.05, 3.63) is 41.5 Å². The molecule has 0 aliphatic rings. The molecule has 1 radical (unpaired) electrons. The molecular weight excluding hydrogens is 192 g/mol. The third-order valence-corrected chi connectivity index (χ3v) is 2.02. The lowest BCUT2D eigenvalue weighted by atomic mass is 10.1. The second-order valence-electron chi connectivity index (χ2n) is 3.01. The van der Waals surface area contributed by atoms with Crippen molar-refractivity contribution in [2.45, 2.75) is 13.3 Å². The summed E-state index contributed by atoms with van der Waals surface area (Å²) in [5, 5.41) is 9.76. The van der Waals surface area contributed by atoms with Crippen molar-refractivity contribution >= 4 is 5.97 Å². The van der Waals surface area contributed by atoms with Crippen LogP contribution < -0.4 is 0 Å². The highest BCUT2D eigenvalue weighted by atomic mass is 16.5. The van der Waals surface area contributed by atoms with Gasteiger partial charge in [-0.2, -0.15) is 0 Å². The first-order chi connectivity index (χ1) is 7.20. The maximum absolute atomic E-state index is 11.2. The van der Waals surface area contributed by atoms with Crippen molar-refractivity contribution in [2.75, 3.05) is 7.11 Å². The van der Waals surface area contributed by atoms with Gasteiger partial charge in [-0.3, -0.25) is 0 Å². The van der Waals surface area contributed by atoms with E-state index in [4.69, 9.17) is 0 Å². The number of phenolic OH excluding ortho intramolecular Hbond substituents is 1. The van der Waals surface area contributed by atoms with E-state index in [-0.39, 0.29) is 11.3 Å². The molecule has 0 fully saturated rings. The Hall–Kier alpha value is -1.77. The van der Waals surface area contributed by atoms with E-state index in [0.717, 1.165) is 0 Å². The van der Waals surface area contributed by atoms with Gasteiger partial charge < -0.3 is 9.84 Å². The van der Waals surface area contributed by atoms with Crippen LogP contribution in [0.1, 0.15) is 22.8 Å². The number of ether oxygens (including phenoxy) is 1. The van der Waals surface area contributed by atoms with Gasteiger partial charge in [0, 0.05) is 0 Å². The molecular formula is C12H13O3. The number of allylic oxidation sites excluding steroid dienone is 2. The van der Waals surface area contributed by atoms with Gasteiger partial charge in [0.25, 0.3) is 0 Å². The number of rotatable bonds is 3. The molecule has 0 heterocycles. The van der Waals surface area contributed by atoms with E-state index in [0.29, 0.717) is 12.0 Å². The fourth-order valence-electron chi connectivity index (χ4n) is 1.20. The molecule has 0 atom stereocenters. The quantitative estimate of drug-likeness (QED) is 0.607. The van der Waals surface area contributed by atoms with Gasteiger partial charge in [0.1, 0.15) is 11.3 Å². The molecule has 3 nitrogen and oxygen atoms in total. The first-order valence-electron chi connectivity index (χ1n) is 4.62. The number of hydrogen-bond donors (Lipinski definition) is 1. The van der Waals surface area contributed by atoms with Crippen LogP contribution in [0, 0.1) is 6.07 Å². The summed E-state index contributed by atoms with van der Waals surface area (Å²) in [5.41, 5.74) is 0.815. The molecule has 0 aliphatic carbocycles. The van der Waals surface area contributed by atoms with Crippen LogP contribution >= 0.6 is 0 Å². The summed E-state index contributed by atoms with van der Waals surface area (Å²) in [5.74, 6) is -0.579. The average Bonchev–Trinajstić information content (AvgIpc) is 2.27. The Bertz CT molecular complexity index is 380. The van der Waals surface area contributed by atoms with Gasteiger partial charge in [-0.1, -0.05) is 12.2 Å². The molecule has 0 spiro atoms. The topological polar surface area (TPSA) is 46.5 Å². The minimum atomic E-state index is -0.550. The normalized spacial score (nSPS) is 10.5. The predicted octanol–water partition coefficient (Wildman–Crippen LogP) is 2.10. The van der Waals surface area contributed by atoms with E-state index in [1.807, 2.05) is 19.1 Å². The van der Waals surface area contributed by atoms with E-state index in [1.165, 1.54) is 13.2 Å². The molecule has 0 bridgehead atoms. The zero-order valence-corrected chi connectivity index (χ0v) is 8.78. The standard InChI is InChI=1S/C12H13O3/c1-3-4-6-9-7-5-8-10(11(9)13)12(14)15-2/h3-4,7-8,13H,6H2,1-2H3. The van der Waals surface area contributed by atoms with Gasteiger partial charge in [0.15, 0.2) is 0 Å². The summed E-state index contributed by atoms with van der Waals surface area (Å²) < 4.78 is 4.54. The monoisotopic (exact) mass is 205 g/mol. The Balaban J connectivity index is 3.05. The molecule has 15 heavy (non-hydrogen) atoms. The van der Waals surface area contributed by atoms with Gasteiger partial charge >= 0.3 is 5.97 Å². The van der Waals surface area contributed by atoms with E-state index in [9.17, 15) is 9.90 Å². The summed E-state index contributed by atoms with van der Waals surface area (Å²) in [6.07, 6.45) is 4.35. The number of carbonyl (C=O) groups excluding carboxylic acids is 1. The molecule has 79 valence electrons. The summed E-state index contributed by atoms with van der Waals surface area (Å²) >= 11 is 0. The van der Waals surface area contributed by atoms with Gasteiger partial charge in [0.2, 0.25) is 0 Å². The number of phenols is 1. The molecule has 0 saturated carbocycles. The van der Waals surface area contributed by atoms with E-state index in [2.05, 4.69) is 10.8 Å². The van der Waals surface area contributed by atoms with Crippen LogP contribution in [-0.2, 0) is 11.2 Å². The van der Waals surface area contributed by atoms with Crippen LogP contribution in [0.25, 0.3) is 0 Å². The minimum Gasteiger partial charge on any atom is -0.507 e. The average molecular weight is 205 g/mol. The number of carbonyl (C=O) groups is 1. The number of benzene rings is 1. The second-order valence-corrected chi connectivity index (χ2v) is 3.01. The van der Waals surface area contributed by atoms with Gasteiger partial charge in [-0.15, -0.1) is 0 Å². The van der Waals surface area contributed by atoms with Crippen LogP contribution in [-0.4, -0.2) is 18.2 Å². The van der Waals surface area contributed by atoms with E-state index >= 15 is 0 Å². The molecule has 0 saturated heterocycles. The Kier molecular flexibility index (Phi) is 3.92. The smallest absolute Gasteiger partial charge is 0.341 e. The Morgan fingerprint density at radius 2 is 2.33 bits per heavy atom. The third kappa shape index (κ3) is 2.59. The molecule has 1 N–H and O–H groups in total. The zero-order valence-electron chi connectivity index (χ0n) is 8.78. The summed E-state index contributed by atoms with van der Waals surface area (Å²) in [6, 6.07) is 5.87. The lowest BCUT2D eigenvalue weighted by Gasteiger charge is -2.06. The molecule has 0 unspecified atom stereocenters. The van der Waals surface area contributed by atoms with Crippen LogP contribution in [0.5, 0.6) is 5.75 Å². The lowest BCUT2D eigenvalue weighted by Crippen LogP contribution is -2.02. The second kappa shape index (κ2) is 5.20. The van der Waals surface area contributed by atoms with Gasteiger partial charge in [-0.25, -0.2) is 4.79 Å². The summed E-state index contributed by atoms with van der Waals surface area (Å²) in [6.45, 7) is 1.89. The van der Waals surface area contributed by atoms with Crippen LogP contribution in [0.15, 0.2) is 24.3 Å². The van der Waals surface area contributed by atoms with Crippen LogP contribution in [0.3, 0.4) is 0 Å². The molecule has 3 heteroatoms. The lowest BCUT2D eigenvalue weighted by molar-refractivity contribution is 0.0597. The van der Waals surface area contributed by atoms with Crippen molar-refractivity contribution < 1.29 is 14.6 Å². The zero-order chi connectivity index (χ0) is 11.3. The van der Waals surface area contributed by atoms with Crippen molar-refractivity contribution in [3.8, 4) is 5.75 Å². The maximum Gasteiger partial charge on any atom is 0.341 e.